The normalized spacial score (nSPS) is 13.7. The molecule has 196 valence electrons. The maximum Gasteiger partial charge on any atom is 2.00 e. The average molecular weight is 555 g/mol. The van der Waals surface area contributed by atoms with Crippen molar-refractivity contribution < 1.29 is 42.7 Å². The van der Waals surface area contributed by atoms with Gasteiger partial charge in [0.25, 0.3) is 17.6 Å². The maximum atomic E-state index is 13.4. The number of rotatable bonds is 8. The Bertz CT molecular complexity index is 1380. The van der Waals surface area contributed by atoms with E-state index in [-0.39, 0.29) is 83.2 Å². The fraction of sp³-hybridized carbons (Fsp3) is 0.304. The number of phosphoric acid groups is 1. The van der Waals surface area contributed by atoms with Gasteiger partial charge in [-0.25, -0.2) is 4.98 Å². The van der Waals surface area contributed by atoms with Gasteiger partial charge in [-0.1, -0.05) is 18.2 Å². The van der Waals surface area contributed by atoms with E-state index in [9.17, 15) is 28.7 Å². The Hall–Kier alpha value is -3.00. The van der Waals surface area contributed by atoms with Gasteiger partial charge < -0.3 is 42.7 Å². The molecule has 1 saturated heterocycles. The number of hydrogen-bond acceptors (Lipinski definition) is 10. The van der Waals surface area contributed by atoms with Gasteiger partial charge in [0.05, 0.1) is 39.2 Å². The number of hydrogen-bond donors (Lipinski definition) is 0. The Kier molecular flexibility index (Phi) is 9.52. The monoisotopic (exact) mass is 554 g/mol. The Morgan fingerprint density at radius 1 is 1.00 bits per heavy atom. The minimum absolute atomic E-state index is 0. The van der Waals surface area contributed by atoms with E-state index < -0.39 is 26.2 Å². The van der Waals surface area contributed by atoms with Crippen molar-refractivity contribution in [1.82, 2.24) is 19.4 Å². The van der Waals surface area contributed by atoms with Crippen molar-refractivity contribution in [2.24, 2.45) is 0 Å². The van der Waals surface area contributed by atoms with Gasteiger partial charge in [-0.15, -0.1) is 0 Å². The van der Waals surface area contributed by atoms with Crippen LogP contribution < -0.4 is 19.3 Å². The number of amides is 2. The number of benzene rings is 1. The summed E-state index contributed by atoms with van der Waals surface area (Å²) in [7, 11) is -2.71. The molecule has 2 aromatic heterocycles. The SMILES string of the molecule is COc1cnc(OC)c2c1c(C(=O)C(=O)N1CCN(C(=O)c3ccccc3)CC1)cn2COP(=O)([O-])[O-].[Mg+2]. The van der Waals surface area contributed by atoms with Gasteiger partial charge in [0.1, 0.15) is 18.0 Å². The molecule has 4 rings (SSSR count). The Morgan fingerprint density at radius 3 is 2.21 bits per heavy atom. The van der Waals surface area contributed by atoms with E-state index in [1.54, 1.807) is 29.2 Å². The van der Waals surface area contributed by atoms with Gasteiger partial charge in [0.2, 0.25) is 5.88 Å². The van der Waals surface area contributed by atoms with Crippen LogP contribution in [-0.4, -0.2) is 100 Å². The first-order valence-electron chi connectivity index (χ1n) is 11.1. The summed E-state index contributed by atoms with van der Waals surface area (Å²) >= 11 is 0. The Balaban J connectivity index is 0.00000400. The number of nitrogens with zero attached hydrogens (tertiary/aromatic N) is 4. The molecule has 13 nitrogen and oxygen atoms in total. The zero-order valence-electron chi connectivity index (χ0n) is 20.7. The first kappa shape index (κ1) is 29.6. The van der Waals surface area contributed by atoms with Crippen molar-refractivity contribution in [3.05, 3.63) is 53.9 Å². The molecular formula is C23H23MgN4O9P. The molecule has 0 spiro atoms. The molecule has 38 heavy (non-hydrogen) atoms. The molecule has 1 aromatic carbocycles. The van der Waals surface area contributed by atoms with Gasteiger partial charge in [0, 0.05) is 37.9 Å². The van der Waals surface area contributed by atoms with Crippen molar-refractivity contribution in [2.75, 3.05) is 40.4 Å². The fourth-order valence-electron chi connectivity index (χ4n) is 4.12. The summed E-state index contributed by atoms with van der Waals surface area (Å²) in [5.74, 6) is -1.77. The summed E-state index contributed by atoms with van der Waals surface area (Å²) in [4.78, 5) is 68.3. The summed E-state index contributed by atoms with van der Waals surface area (Å²) < 4.78 is 27.1. The zero-order valence-corrected chi connectivity index (χ0v) is 23.0. The fourth-order valence-corrected chi connectivity index (χ4v) is 4.39. The van der Waals surface area contributed by atoms with E-state index in [0.717, 1.165) is 4.57 Å². The van der Waals surface area contributed by atoms with Crippen molar-refractivity contribution in [2.45, 2.75) is 6.73 Å². The standard InChI is InChI=1S/C23H25N4O9P.Mg/c1-34-17-12-24-21(35-2)19-18(17)16(13-27(19)14-36-37(31,32)33)20(28)23(30)26-10-8-25(9-11-26)22(29)15-6-4-3-5-7-15;/h3-7,12-13H,8-11,14H2,1-2H3,(H2,31,32,33);/q;+2/p-2. The Labute approximate surface area is 233 Å². The first-order valence-corrected chi connectivity index (χ1v) is 12.5. The number of carbonyl (C=O) groups is 3. The molecule has 0 unspecified atom stereocenters. The molecule has 3 aromatic rings. The third kappa shape index (κ3) is 6.17. The predicted molar refractivity (Wildman–Crippen MR) is 131 cm³/mol. The van der Waals surface area contributed by atoms with Crippen LogP contribution in [-0.2, 0) is 20.6 Å². The van der Waals surface area contributed by atoms with Crippen LogP contribution in [0, 0.1) is 0 Å². The Morgan fingerprint density at radius 2 is 1.63 bits per heavy atom. The van der Waals surface area contributed by atoms with Crippen molar-refractivity contribution in [3.63, 3.8) is 0 Å². The summed E-state index contributed by atoms with van der Waals surface area (Å²) in [5.41, 5.74) is 0.518. The molecule has 1 fully saturated rings. The molecule has 15 heteroatoms. The molecule has 0 bridgehead atoms. The second-order valence-corrected chi connectivity index (χ2v) is 9.21. The van der Waals surface area contributed by atoms with Crippen LogP contribution in [0.15, 0.2) is 42.7 Å². The van der Waals surface area contributed by atoms with Gasteiger partial charge >= 0.3 is 23.1 Å². The van der Waals surface area contributed by atoms with Gasteiger partial charge in [-0.3, -0.25) is 14.4 Å². The van der Waals surface area contributed by atoms with E-state index in [1.165, 1.54) is 31.5 Å². The predicted octanol–water partition coefficient (Wildman–Crippen LogP) is -0.357. The van der Waals surface area contributed by atoms with Crippen LogP contribution in [0.1, 0.15) is 20.7 Å². The molecular weight excluding hydrogens is 532 g/mol. The average Bonchev–Trinajstić information content (AvgIpc) is 3.30. The largest absolute Gasteiger partial charge is 2.00 e. The van der Waals surface area contributed by atoms with E-state index in [4.69, 9.17) is 9.47 Å². The molecule has 3 heterocycles. The van der Waals surface area contributed by atoms with E-state index >= 15 is 0 Å². The summed E-state index contributed by atoms with van der Waals surface area (Å²) in [6.07, 6.45) is 2.47. The smallest absolute Gasteiger partial charge is 0.790 e. The van der Waals surface area contributed by atoms with Crippen molar-refractivity contribution in [3.8, 4) is 11.6 Å². The molecule has 0 N–H and O–H groups in total. The number of ketones is 1. The van der Waals surface area contributed by atoms with E-state index in [0.29, 0.717) is 5.56 Å². The third-order valence-electron chi connectivity index (χ3n) is 5.91. The summed E-state index contributed by atoms with van der Waals surface area (Å²) in [6, 6.07) is 8.75. The van der Waals surface area contributed by atoms with Crippen LogP contribution in [0.4, 0.5) is 0 Å². The number of carbonyl (C=O) groups excluding carboxylic acids is 3. The van der Waals surface area contributed by atoms with Gasteiger partial charge in [-0.05, 0) is 12.1 Å². The molecule has 1 aliphatic rings. The second kappa shape index (κ2) is 12.2. The van der Waals surface area contributed by atoms with Crippen LogP contribution >= 0.6 is 7.82 Å². The second-order valence-electron chi connectivity index (χ2n) is 8.06. The van der Waals surface area contributed by atoms with Gasteiger partial charge in [0.15, 0.2) is 0 Å². The van der Waals surface area contributed by atoms with Crippen LogP contribution in [0.25, 0.3) is 10.9 Å². The third-order valence-corrected chi connectivity index (χ3v) is 6.34. The van der Waals surface area contributed by atoms with Crippen molar-refractivity contribution in [1.29, 1.82) is 0 Å². The number of phosphoric ester groups is 1. The number of Topliss-reactive ketones (excluding diaryl/α,β-unsaturated/α-hetero) is 1. The number of piperazine rings is 1. The van der Waals surface area contributed by atoms with Crippen LogP contribution in [0.3, 0.4) is 0 Å². The number of fused-ring (bicyclic) bond motifs is 1. The van der Waals surface area contributed by atoms with Crippen molar-refractivity contribution >= 4 is 59.4 Å². The topological polar surface area (TPSA) is 166 Å². The number of methoxy groups -OCH3 is 2. The first-order chi connectivity index (χ1) is 17.6. The molecule has 0 atom stereocenters. The van der Waals surface area contributed by atoms with E-state index in [2.05, 4.69) is 9.51 Å². The summed E-state index contributed by atoms with van der Waals surface area (Å²) in [5, 5.41) is 0.140. The zero-order chi connectivity index (χ0) is 26.7. The minimum atomic E-state index is -5.35. The number of ether oxygens (including phenoxy) is 2. The van der Waals surface area contributed by atoms with Gasteiger partial charge in [-0.2, -0.15) is 0 Å². The number of aromatic nitrogens is 2. The maximum absolute atomic E-state index is 13.4. The minimum Gasteiger partial charge on any atom is -0.790 e. The molecule has 0 aliphatic carbocycles. The van der Waals surface area contributed by atoms with Crippen LogP contribution in [0.2, 0.25) is 0 Å². The van der Waals surface area contributed by atoms with E-state index in [1.807, 2.05) is 6.07 Å². The van der Waals surface area contributed by atoms with Crippen LogP contribution in [0.5, 0.6) is 11.6 Å². The molecule has 0 radical (unpaired) electrons. The molecule has 1 aliphatic heterocycles. The summed E-state index contributed by atoms with van der Waals surface area (Å²) in [6.45, 7) is -0.00394. The molecule has 0 saturated carbocycles. The number of pyridine rings is 1. The molecule has 2 amide bonds. The quantitative estimate of drug-likeness (QED) is 0.155.